The molecule has 6 heteroatoms. The number of hydrogen-bond donors (Lipinski definition) is 0. The number of nitrogens with zero attached hydrogens (tertiary/aromatic N) is 3. The Morgan fingerprint density at radius 3 is 2.60 bits per heavy atom. The van der Waals surface area contributed by atoms with Gasteiger partial charge in [-0.15, -0.1) is 0 Å². The number of rotatable bonds is 5. The zero-order chi connectivity index (χ0) is 24.5. The van der Waals surface area contributed by atoms with Gasteiger partial charge in [0.05, 0.1) is 23.8 Å². The van der Waals surface area contributed by atoms with Gasteiger partial charge in [-0.05, 0) is 70.1 Å². The van der Waals surface area contributed by atoms with Crippen molar-refractivity contribution in [2.75, 3.05) is 12.0 Å². The average Bonchev–Trinajstić information content (AvgIpc) is 3.26. The van der Waals surface area contributed by atoms with E-state index in [0.29, 0.717) is 5.78 Å². The van der Waals surface area contributed by atoms with Crippen LogP contribution in [0.25, 0.3) is 11.0 Å². The molecule has 184 valence electrons. The Bertz CT molecular complexity index is 1230. The van der Waals surface area contributed by atoms with Crippen LogP contribution in [0.3, 0.4) is 0 Å². The summed E-state index contributed by atoms with van der Waals surface area (Å²) in [6, 6.07) is 15.1. The number of aromatic nitrogens is 2. The summed E-state index contributed by atoms with van der Waals surface area (Å²) < 4.78 is 7.53. The van der Waals surface area contributed by atoms with Crippen LogP contribution in [0.15, 0.2) is 42.5 Å². The van der Waals surface area contributed by atoms with Gasteiger partial charge in [-0.1, -0.05) is 36.8 Å². The first-order chi connectivity index (χ1) is 17.0. The predicted octanol–water partition coefficient (Wildman–Crippen LogP) is 6.05. The molecule has 0 N–H and O–H groups in total. The first-order valence-corrected chi connectivity index (χ1v) is 12.9. The lowest BCUT2D eigenvalue weighted by molar-refractivity contribution is -0.122. The summed E-state index contributed by atoms with van der Waals surface area (Å²) in [5, 5.41) is 0. The van der Waals surface area contributed by atoms with Crippen molar-refractivity contribution >= 4 is 28.6 Å². The molecule has 1 aliphatic heterocycles. The lowest BCUT2D eigenvalue weighted by atomic mass is 9.83. The molecule has 1 aliphatic carbocycles. The number of amides is 1. The van der Waals surface area contributed by atoms with E-state index in [9.17, 15) is 9.59 Å². The molecular weight excluding hydrogens is 438 g/mol. The molecule has 5 rings (SSSR count). The van der Waals surface area contributed by atoms with Crippen LogP contribution >= 0.6 is 0 Å². The van der Waals surface area contributed by atoms with Crippen molar-refractivity contribution in [1.29, 1.82) is 0 Å². The molecular formula is C29H35N3O3. The molecule has 0 saturated heterocycles. The molecule has 6 nitrogen and oxygen atoms in total. The number of imidazole rings is 1. The van der Waals surface area contributed by atoms with Crippen molar-refractivity contribution in [2.45, 2.75) is 77.3 Å². The number of carbonyl (C=O) groups excluding carboxylic acids is 2. The molecule has 1 aromatic heterocycles. The van der Waals surface area contributed by atoms with Crippen LogP contribution in [0, 0.1) is 5.92 Å². The van der Waals surface area contributed by atoms with Gasteiger partial charge in [0.2, 0.25) is 0 Å². The second kappa shape index (κ2) is 9.84. The Labute approximate surface area is 207 Å². The molecule has 3 aromatic rings. The zero-order valence-corrected chi connectivity index (χ0v) is 21.0. The highest BCUT2D eigenvalue weighted by molar-refractivity contribution is 5.95. The molecule has 2 aromatic carbocycles. The smallest absolute Gasteiger partial charge is 0.414 e. The molecule has 35 heavy (non-hydrogen) atoms. The minimum absolute atomic E-state index is 0.0849. The van der Waals surface area contributed by atoms with Gasteiger partial charge in [0.25, 0.3) is 0 Å². The van der Waals surface area contributed by atoms with E-state index in [-0.39, 0.29) is 24.1 Å². The summed E-state index contributed by atoms with van der Waals surface area (Å²) in [6.45, 7) is 3.80. The molecule has 2 heterocycles. The third-order valence-electron chi connectivity index (χ3n) is 7.97. The van der Waals surface area contributed by atoms with Crippen molar-refractivity contribution in [3.8, 4) is 0 Å². The van der Waals surface area contributed by atoms with Gasteiger partial charge < -0.3 is 9.30 Å². The van der Waals surface area contributed by atoms with Crippen molar-refractivity contribution in [3.63, 3.8) is 0 Å². The fraction of sp³-hybridized carbons (Fsp3) is 0.483. The van der Waals surface area contributed by atoms with Gasteiger partial charge in [-0.25, -0.2) is 9.78 Å². The van der Waals surface area contributed by atoms with E-state index in [0.717, 1.165) is 79.5 Å². The van der Waals surface area contributed by atoms with Crippen LogP contribution in [0.5, 0.6) is 0 Å². The maximum atomic E-state index is 12.6. The van der Waals surface area contributed by atoms with Crippen LogP contribution in [0.2, 0.25) is 0 Å². The second-order valence-corrected chi connectivity index (χ2v) is 10.2. The molecule has 0 unspecified atom stereocenters. The first-order valence-electron chi connectivity index (χ1n) is 12.9. The molecule has 1 saturated carbocycles. The van der Waals surface area contributed by atoms with Crippen molar-refractivity contribution in [3.05, 3.63) is 59.4 Å². The number of carbonyl (C=O) groups is 2. The van der Waals surface area contributed by atoms with Gasteiger partial charge in [0.15, 0.2) is 0 Å². The quantitative estimate of drug-likeness (QED) is 0.453. The second-order valence-electron chi connectivity index (χ2n) is 10.2. The third-order valence-corrected chi connectivity index (χ3v) is 7.97. The summed E-state index contributed by atoms with van der Waals surface area (Å²) in [4.78, 5) is 31.9. The minimum Gasteiger partial charge on any atom is -0.452 e. The molecule has 1 amide bonds. The summed E-state index contributed by atoms with van der Waals surface area (Å²) in [7, 11) is 1.44. The number of Topliss-reactive ketones (excluding diaryl/α,β-unsaturated/α-hetero) is 1. The van der Waals surface area contributed by atoms with E-state index in [1.807, 2.05) is 6.07 Å². The van der Waals surface area contributed by atoms with Gasteiger partial charge >= 0.3 is 6.09 Å². The van der Waals surface area contributed by atoms with Crippen molar-refractivity contribution < 1.29 is 14.3 Å². The van der Waals surface area contributed by atoms with E-state index in [2.05, 4.69) is 47.9 Å². The van der Waals surface area contributed by atoms with Crippen molar-refractivity contribution in [2.24, 2.45) is 5.92 Å². The Balaban J connectivity index is 1.60. The highest BCUT2D eigenvalue weighted by Crippen LogP contribution is 2.40. The number of fused-ring (bicyclic) bond motifs is 3. The first kappa shape index (κ1) is 23.6. The highest BCUT2D eigenvalue weighted by atomic mass is 16.5. The maximum Gasteiger partial charge on any atom is 0.414 e. The highest BCUT2D eigenvalue weighted by Gasteiger charge is 2.33. The Hall–Kier alpha value is -3.15. The van der Waals surface area contributed by atoms with E-state index < -0.39 is 0 Å². The molecule has 2 aliphatic rings. The van der Waals surface area contributed by atoms with Gasteiger partial charge in [0.1, 0.15) is 11.6 Å². The largest absolute Gasteiger partial charge is 0.452 e. The standard InChI is InChI=1S/C29H35N3O3/c1-19-12-14-24-25(31(19)29(34)35-3)15-16-26-28(24)30-27(17-13-21-8-5-4-6-9-21)32(26)23-11-7-10-22(18-23)20(2)33/h4-6,8-9,15-16,19,22-23H,7,10-14,17-18H2,1-3H3/t19-,22+,23+/m0/s1. The van der Waals surface area contributed by atoms with Crippen molar-refractivity contribution in [1.82, 2.24) is 9.55 Å². The average molecular weight is 474 g/mol. The van der Waals surface area contributed by atoms with E-state index in [1.54, 1.807) is 11.8 Å². The number of methoxy groups -OCH3 is 1. The predicted molar refractivity (Wildman–Crippen MR) is 138 cm³/mol. The van der Waals surface area contributed by atoms with E-state index in [4.69, 9.17) is 9.72 Å². The SMILES string of the molecule is COC(=O)N1c2ccc3c(nc(CCc4ccccc4)n3[C@@H]3CCC[C@@H](C(C)=O)C3)c2CC[C@@H]1C. The number of hydrogen-bond acceptors (Lipinski definition) is 4. The van der Waals surface area contributed by atoms with Crippen LogP contribution in [0.1, 0.15) is 68.9 Å². The fourth-order valence-electron chi connectivity index (χ4n) is 6.08. The lowest BCUT2D eigenvalue weighted by Crippen LogP contribution is -2.42. The van der Waals surface area contributed by atoms with Crippen LogP contribution in [-0.2, 0) is 28.8 Å². The molecule has 0 radical (unpaired) electrons. The fourth-order valence-corrected chi connectivity index (χ4v) is 6.08. The van der Waals surface area contributed by atoms with Crippen LogP contribution in [0.4, 0.5) is 10.5 Å². The monoisotopic (exact) mass is 473 g/mol. The van der Waals surface area contributed by atoms with Crippen LogP contribution in [-0.4, -0.2) is 34.6 Å². The Morgan fingerprint density at radius 1 is 1.06 bits per heavy atom. The summed E-state index contributed by atoms with van der Waals surface area (Å²) in [6.07, 6.45) is 7.19. The van der Waals surface area contributed by atoms with Gasteiger partial charge in [-0.3, -0.25) is 9.69 Å². The van der Waals surface area contributed by atoms with E-state index in [1.165, 1.54) is 12.7 Å². The Morgan fingerprint density at radius 2 is 1.86 bits per heavy atom. The molecule has 1 fully saturated rings. The number of ketones is 1. The molecule has 0 spiro atoms. The van der Waals surface area contributed by atoms with E-state index >= 15 is 0 Å². The third kappa shape index (κ3) is 4.46. The number of benzene rings is 2. The molecule has 3 atom stereocenters. The number of aryl methyl sites for hydroxylation is 3. The summed E-state index contributed by atoms with van der Waals surface area (Å²) >= 11 is 0. The lowest BCUT2D eigenvalue weighted by Gasteiger charge is -2.34. The van der Waals surface area contributed by atoms with Gasteiger partial charge in [-0.2, -0.15) is 0 Å². The normalized spacial score (nSPS) is 22.1. The minimum atomic E-state index is -0.321. The summed E-state index contributed by atoms with van der Waals surface area (Å²) in [5.41, 5.74) is 5.46. The number of anilines is 1. The van der Waals surface area contributed by atoms with Gasteiger partial charge in [0, 0.05) is 30.0 Å². The maximum absolute atomic E-state index is 12.6. The van der Waals surface area contributed by atoms with Crippen LogP contribution < -0.4 is 4.90 Å². The zero-order valence-electron chi connectivity index (χ0n) is 21.0. The topological polar surface area (TPSA) is 64.4 Å². The molecule has 0 bridgehead atoms. The Kier molecular flexibility index (Phi) is 6.63. The summed E-state index contributed by atoms with van der Waals surface area (Å²) in [5.74, 6) is 1.50. The number of ether oxygens (including phenoxy) is 1.